The second kappa shape index (κ2) is 5.63. The van der Waals surface area contributed by atoms with E-state index in [1.165, 1.54) is 0 Å². The Balaban J connectivity index is 2.19. The molecule has 5 nitrogen and oxygen atoms in total. The molecule has 0 atom stereocenters. The van der Waals surface area contributed by atoms with Crippen molar-refractivity contribution in [1.82, 2.24) is 10.6 Å². The van der Waals surface area contributed by atoms with Crippen molar-refractivity contribution in [3.8, 4) is 0 Å². The molecule has 1 aliphatic heterocycles. The van der Waals surface area contributed by atoms with Gasteiger partial charge in [0.1, 0.15) is 0 Å². The number of para-hydroxylation sites is 1. The fraction of sp³-hybridized carbons (Fsp3) is 0.467. The number of anilines is 1. The van der Waals surface area contributed by atoms with E-state index >= 15 is 0 Å². The molecule has 0 aromatic heterocycles. The van der Waals surface area contributed by atoms with Crippen LogP contribution in [0.25, 0.3) is 0 Å². The molecule has 1 heterocycles. The van der Waals surface area contributed by atoms with Crippen LogP contribution in [-0.4, -0.2) is 30.4 Å². The Kier molecular flexibility index (Phi) is 4.09. The zero-order valence-electron chi connectivity index (χ0n) is 12.2. The minimum atomic E-state index is -0.250. The molecule has 20 heavy (non-hydrogen) atoms. The highest BCUT2D eigenvalue weighted by atomic mass is 16.2. The summed E-state index contributed by atoms with van der Waals surface area (Å²) in [5.74, 6) is -0.500. The largest absolute Gasteiger partial charge is 0.353 e. The lowest BCUT2D eigenvalue weighted by molar-refractivity contribution is -0.130. The molecular weight excluding hydrogens is 254 g/mol. The Morgan fingerprint density at radius 1 is 1.15 bits per heavy atom. The van der Waals surface area contributed by atoms with E-state index in [2.05, 4.69) is 31.4 Å². The van der Waals surface area contributed by atoms with Gasteiger partial charge in [-0.05, 0) is 32.4 Å². The summed E-state index contributed by atoms with van der Waals surface area (Å²) >= 11 is 0. The average molecular weight is 275 g/mol. The molecule has 1 fully saturated rings. The highest BCUT2D eigenvalue weighted by Gasteiger charge is 2.24. The zero-order chi connectivity index (χ0) is 14.8. The minimum absolute atomic E-state index is 0.0161. The van der Waals surface area contributed by atoms with Gasteiger partial charge in [-0.15, -0.1) is 0 Å². The predicted octanol–water partition coefficient (Wildman–Crippen LogP) is 1.04. The van der Waals surface area contributed by atoms with Gasteiger partial charge < -0.3 is 10.2 Å². The number of rotatable bonds is 3. The predicted molar refractivity (Wildman–Crippen MR) is 78.4 cm³/mol. The van der Waals surface area contributed by atoms with Crippen molar-refractivity contribution in [3.05, 3.63) is 29.8 Å². The number of nitrogens with one attached hydrogen (secondary N) is 2. The lowest BCUT2D eigenvalue weighted by atomic mass is 10.1. The lowest BCUT2D eigenvalue weighted by Crippen LogP contribution is -2.51. The molecule has 0 aliphatic carbocycles. The summed E-state index contributed by atoms with van der Waals surface area (Å²) in [7, 11) is 0. The van der Waals surface area contributed by atoms with Gasteiger partial charge in [-0.25, -0.2) is 0 Å². The summed E-state index contributed by atoms with van der Waals surface area (Å²) < 4.78 is 0. The number of carbonyl (C=O) groups excluding carboxylic acids is 2. The average Bonchev–Trinajstić information content (AvgIpc) is 2.34. The summed E-state index contributed by atoms with van der Waals surface area (Å²) in [5.41, 5.74) is 2.04. The highest BCUT2D eigenvalue weighted by molar-refractivity contribution is 6.02. The Bertz CT molecular complexity index is 504. The molecule has 0 unspecified atom stereocenters. The van der Waals surface area contributed by atoms with Gasteiger partial charge in [0.05, 0.1) is 13.1 Å². The second-order valence-corrected chi connectivity index (χ2v) is 6.06. The third-order valence-electron chi connectivity index (χ3n) is 3.09. The Labute approximate surface area is 119 Å². The van der Waals surface area contributed by atoms with Gasteiger partial charge in [0.2, 0.25) is 11.8 Å². The molecule has 1 saturated heterocycles. The van der Waals surface area contributed by atoms with Gasteiger partial charge in [-0.2, -0.15) is 0 Å². The summed E-state index contributed by atoms with van der Waals surface area (Å²) in [6.07, 6.45) is 0. The van der Waals surface area contributed by atoms with Crippen LogP contribution >= 0.6 is 0 Å². The fourth-order valence-corrected chi connectivity index (χ4v) is 2.14. The van der Waals surface area contributed by atoms with Gasteiger partial charge in [0.15, 0.2) is 0 Å². The first-order chi connectivity index (χ1) is 9.35. The molecule has 5 heteroatoms. The Hall–Kier alpha value is -1.88. The Morgan fingerprint density at radius 3 is 2.35 bits per heavy atom. The van der Waals surface area contributed by atoms with E-state index in [-0.39, 0.29) is 30.4 Å². The number of benzene rings is 1. The van der Waals surface area contributed by atoms with Gasteiger partial charge in [-0.3, -0.25) is 14.9 Å². The summed E-state index contributed by atoms with van der Waals surface area (Å²) in [6, 6.07) is 7.86. The summed E-state index contributed by atoms with van der Waals surface area (Å²) in [5, 5.41) is 5.75. The molecule has 2 amide bonds. The van der Waals surface area contributed by atoms with E-state index in [9.17, 15) is 9.59 Å². The van der Waals surface area contributed by atoms with Crippen molar-refractivity contribution in [2.24, 2.45) is 0 Å². The van der Waals surface area contributed by atoms with Gasteiger partial charge in [0, 0.05) is 17.8 Å². The van der Waals surface area contributed by atoms with Crippen molar-refractivity contribution in [2.75, 3.05) is 18.0 Å². The molecule has 0 bridgehead atoms. The maximum absolute atomic E-state index is 11.5. The van der Waals surface area contributed by atoms with E-state index < -0.39 is 0 Å². The van der Waals surface area contributed by atoms with Crippen molar-refractivity contribution in [3.63, 3.8) is 0 Å². The molecule has 108 valence electrons. The molecular formula is C15H21N3O2. The first-order valence-electron chi connectivity index (χ1n) is 6.76. The summed E-state index contributed by atoms with van der Waals surface area (Å²) in [4.78, 5) is 24.8. The number of piperazine rings is 1. The minimum Gasteiger partial charge on any atom is -0.353 e. The van der Waals surface area contributed by atoms with Crippen molar-refractivity contribution >= 4 is 17.5 Å². The maximum atomic E-state index is 11.5. The first-order valence-corrected chi connectivity index (χ1v) is 6.76. The van der Waals surface area contributed by atoms with Crippen LogP contribution in [0.15, 0.2) is 24.3 Å². The van der Waals surface area contributed by atoms with Crippen LogP contribution in [0, 0.1) is 0 Å². The number of nitrogens with zero attached hydrogens (tertiary/aromatic N) is 1. The molecule has 2 rings (SSSR count). The topological polar surface area (TPSA) is 61.4 Å². The highest BCUT2D eigenvalue weighted by Crippen LogP contribution is 2.21. The van der Waals surface area contributed by atoms with E-state index in [4.69, 9.17) is 0 Å². The van der Waals surface area contributed by atoms with Gasteiger partial charge in [-0.1, -0.05) is 18.2 Å². The zero-order valence-corrected chi connectivity index (χ0v) is 12.2. The molecule has 0 saturated carbocycles. The summed E-state index contributed by atoms with van der Waals surface area (Å²) in [6.45, 7) is 7.46. The van der Waals surface area contributed by atoms with Crippen molar-refractivity contribution in [1.29, 1.82) is 0 Å². The number of imide groups is 1. The van der Waals surface area contributed by atoms with Crippen LogP contribution in [0.1, 0.15) is 26.3 Å². The van der Waals surface area contributed by atoms with Crippen LogP contribution < -0.4 is 15.5 Å². The van der Waals surface area contributed by atoms with Crippen LogP contribution in [0.5, 0.6) is 0 Å². The first kappa shape index (κ1) is 14.5. The van der Waals surface area contributed by atoms with Crippen LogP contribution in [-0.2, 0) is 16.1 Å². The standard InChI is InChI=1S/C15H21N3O2/c1-15(2,3)16-8-11-6-4-5-7-12(11)18-9-13(19)17-14(20)10-18/h4-7,16H,8-10H2,1-3H3,(H,17,19,20). The molecule has 1 aromatic rings. The van der Waals surface area contributed by atoms with Gasteiger partial charge in [0.25, 0.3) is 0 Å². The van der Waals surface area contributed by atoms with E-state index in [1.54, 1.807) is 0 Å². The van der Waals surface area contributed by atoms with Crippen LogP contribution in [0.2, 0.25) is 0 Å². The number of carbonyl (C=O) groups is 2. The molecule has 2 N–H and O–H groups in total. The number of hydrogen-bond donors (Lipinski definition) is 2. The molecule has 0 spiro atoms. The molecule has 1 aromatic carbocycles. The smallest absolute Gasteiger partial charge is 0.246 e. The van der Waals surface area contributed by atoms with Crippen LogP contribution in [0.4, 0.5) is 5.69 Å². The van der Waals surface area contributed by atoms with E-state index in [0.29, 0.717) is 6.54 Å². The van der Waals surface area contributed by atoms with E-state index in [0.717, 1.165) is 11.3 Å². The number of hydrogen-bond acceptors (Lipinski definition) is 4. The fourth-order valence-electron chi connectivity index (χ4n) is 2.14. The Morgan fingerprint density at radius 2 is 1.75 bits per heavy atom. The molecule has 0 radical (unpaired) electrons. The normalized spacial score (nSPS) is 16.2. The second-order valence-electron chi connectivity index (χ2n) is 6.06. The third kappa shape index (κ3) is 3.81. The van der Waals surface area contributed by atoms with Crippen molar-refractivity contribution in [2.45, 2.75) is 32.9 Å². The lowest BCUT2D eigenvalue weighted by Gasteiger charge is -2.30. The quantitative estimate of drug-likeness (QED) is 0.809. The molecule has 1 aliphatic rings. The van der Waals surface area contributed by atoms with E-state index in [1.807, 2.05) is 29.2 Å². The SMILES string of the molecule is CC(C)(C)NCc1ccccc1N1CC(=O)NC(=O)C1. The number of amides is 2. The van der Waals surface area contributed by atoms with Crippen LogP contribution in [0.3, 0.4) is 0 Å². The van der Waals surface area contributed by atoms with Crippen molar-refractivity contribution < 1.29 is 9.59 Å². The van der Waals surface area contributed by atoms with Gasteiger partial charge >= 0.3 is 0 Å². The monoisotopic (exact) mass is 275 g/mol. The third-order valence-corrected chi connectivity index (χ3v) is 3.09. The maximum Gasteiger partial charge on any atom is 0.246 e.